The molecule has 0 radical (unpaired) electrons. The Kier molecular flexibility index (Phi) is 3.90. The number of rotatable bonds is 3. The van der Waals surface area contributed by atoms with Gasteiger partial charge in [-0.2, -0.15) is 18.3 Å². The van der Waals surface area contributed by atoms with Gasteiger partial charge in [0, 0.05) is 18.8 Å². The summed E-state index contributed by atoms with van der Waals surface area (Å²) in [5, 5.41) is 4.07. The van der Waals surface area contributed by atoms with Gasteiger partial charge in [-0.25, -0.2) is 0 Å². The van der Waals surface area contributed by atoms with Crippen LogP contribution < -0.4 is 5.73 Å². The van der Waals surface area contributed by atoms with Crippen molar-refractivity contribution in [2.75, 3.05) is 0 Å². The van der Waals surface area contributed by atoms with E-state index in [-0.39, 0.29) is 12.8 Å². The Morgan fingerprint density at radius 3 is 2.53 bits per heavy atom. The zero-order chi connectivity index (χ0) is 14.1. The van der Waals surface area contributed by atoms with Gasteiger partial charge in [0.2, 0.25) is 0 Å². The van der Waals surface area contributed by atoms with Crippen LogP contribution in [-0.4, -0.2) is 21.5 Å². The monoisotopic (exact) mass is 275 g/mol. The number of hydrogen-bond acceptors (Lipinski definition) is 2. The fourth-order valence-corrected chi connectivity index (χ4v) is 2.76. The number of halogens is 3. The van der Waals surface area contributed by atoms with Gasteiger partial charge in [-0.3, -0.25) is 4.68 Å². The predicted molar refractivity (Wildman–Crippen MR) is 66.5 cm³/mol. The molecule has 0 bridgehead atoms. The van der Waals surface area contributed by atoms with Crippen molar-refractivity contribution in [3.63, 3.8) is 0 Å². The Hall–Kier alpha value is -1.04. The molecule has 0 unspecified atom stereocenters. The van der Waals surface area contributed by atoms with E-state index >= 15 is 0 Å². The largest absolute Gasteiger partial charge is 0.391 e. The Morgan fingerprint density at radius 1 is 1.42 bits per heavy atom. The summed E-state index contributed by atoms with van der Waals surface area (Å²) in [5.74, 6) is -1.16. The van der Waals surface area contributed by atoms with Crippen LogP contribution in [0.25, 0.3) is 0 Å². The topological polar surface area (TPSA) is 43.8 Å². The second-order valence-electron chi connectivity index (χ2n) is 5.70. The van der Waals surface area contributed by atoms with E-state index in [9.17, 15) is 13.2 Å². The van der Waals surface area contributed by atoms with Crippen LogP contribution in [0.15, 0.2) is 12.4 Å². The quantitative estimate of drug-likeness (QED) is 0.921. The lowest BCUT2D eigenvalue weighted by Gasteiger charge is -2.37. The average Bonchev–Trinajstić information content (AvgIpc) is 2.72. The van der Waals surface area contributed by atoms with E-state index < -0.39 is 17.6 Å². The van der Waals surface area contributed by atoms with Gasteiger partial charge in [-0.1, -0.05) is 0 Å². The van der Waals surface area contributed by atoms with Crippen LogP contribution in [0.5, 0.6) is 0 Å². The molecule has 1 aromatic rings. The number of nitrogens with zero attached hydrogens (tertiary/aromatic N) is 2. The SMILES string of the molecule is Cn1cc(CCC2(N)CCC(C(F)(F)F)CC2)cn1. The Balaban J connectivity index is 1.85. The van der Waals surface area contributed by atoms with Crippen LogP contribution in [0.4, 0.5) is 13.2 Å². The van der Waals surface area contributed by atoms with Gasteiger partial charge in [-0.15, -0.1) is 0 Å². The molecule has 0 aromatic carbocycles. The van der Waals surface area contributed by atoms with Gasteiger partial charge >= 0.3 is 6.18 Å². The summed E-state index contributed by atoms with van der Waals surface area (Å²) in [6, 6.07) is 0. The van der Waals surface area contributed by atoms with E-state index in [1.54, 1.807) is 10.9 Å². The number of aromatic nitrogens is 2. The summed E-state index contributed by atoms with van der Waals surface area (Å²) in [5.41, 5.74) is 6.87. The third-order valence-electron chi connectivity index (χ3n) is 4.11. The maximum absolute atomic E-state index is 12.6. The van der Waals surface area contributed by atoms with Crippen LogP contribution in [0.3, 0.4) is 0 Å². The Morgan fingerprint density at radius 2 is 2.05 bits per heavy atom. The standard InChI is InChI=1S/C13H20F3N3/c1-19-9-10(8-18-19)2-5-12(17)6-3-11(4-7-12)13(14,15)16/h8-9,11H,2-7,17H2,1H3. The minimum atomic E-state index is -4.06. The highest BCUT2D eigenvalue weighted by molar-refractivity contribution is 5.05. The molecule has 19 heavy (non-hydrogen) atoms. The van der Waals surface area contributed by atoms with Gasteiger partial charge in [0.1, 0.15) is 0 Å². The van der Waals surface area contributed by atoms with Crippen LogP contribution in [0, 0.1) is 5.92 Å². The molecule has 0 saturated heterocycles. The van der Waals surface area contributed by atoms with Crippen molar-refractivity contribution in [1.29, 1.82) is 0 Å². The molecule has 0 aliphatic heterocycles. The lowest BCUT2D eigenvalue weighted by Crippen LogP contribution is -2.45. The maximum Gasteiger partial charge on any atom is 0.391 e. The summed E-state index contributed by atoms with van der Waals surface area (Å²) in [6.45, 7) is 0. The van der Waals surface area contributed by atoms with Crippen LogP contribution in [-0.2, 0) is 13.5 Å². The van der Waals surface area contributed by atoms with Gasteiger partial charge in [-0.05, 0) is 44.1 Å². The summed E-state index contributed by atoms with van der Waals surface area (Å²) < 4.78 is 39.5. The van der Waals surface area contributed by atoms with Gasteiger partial charge in [0.25, 0.3) is 0 Å². The number of alkyl halides is 3. The maximum atomic E-state index is 12.6. The minimum Gasteiger partial charge on any atom is -0.325 e. The molecule has 0 spiro atoms. The molecule has 1 fully saturated rings. The van der Waals surface area contributed by atoms with E-state index in [1.165, 1.54) is 0 Å². The second kappa shape index (κ2) is 5.15. The number of nitrogens with two attached hydrogens (primary N) is 1. The molecule has 1 aromatic heterocycles. The third kappa shape index (κ3) is 3.72. The molecule has 6 heteroatoms. The fourth-order valence-electron chi connectivity index (χ4n) is 2.76. The average molecular weight is 275 g/mol. The summed E-state index contributed by atoms with van der Waals surface area (Å²) >= 11 is 0. The number of hydrogen-bond donors (Lipinski definition) is 1. The molecule has 2 N–H and O–H groups in total. The van der Waals surface area contributed by atoms with Crippen LogP contribution >= 0.6 is 0 Å². The normalized spacial score (nSPS) is 28.6. The van der Waals surface area contributed by atoms with E-state index in [0.717, 1.165) is 18.4 Å². The number of aryl methyl sites for hydroxylation is 2. The molecule has 0 atom stereocenters. The zero-order valence-electron chi connectivity index (χ0n) is 11.1. The van der Waals surface area contributed by atoms with Gasteiger partial charge < -0.3 is 5.73 Å². The first kappa shape index (κ1) is 14.4. The molecule has 2 rings (SSSR count). The van der Waals surface area contributed by atoms with Crippen molar-refractivity contribution in [3.8, 4) is 0 Å². The van der Waals surface area contributed by atoms with Crippen LogP contribution in [0.1, 0.15) is 37.7 Å². The summed E-state index contributed by atoms with van der Waals surface area (Å²) in [6.07, 6.45) is 2.37. The lowest BCUT2D eigenvalue weighted by atomic mass is 9.74. The molecule has 1 heterocycles. The third-order valence-corrected chi connectivity index (χ3v) is 4.11. The smallest absolute Gasteiger partial charge is 0.325 e. The first-order chi connectivity index (χ1) is 8.78. The van der Waals surface area contributed by atoms with Crippen molar-refractivity contribution < 1.29 is 13.2 Å². The minimum absolute atomic E-state index is 0.160. The highest BCUT2D eigenvalue weighted by atomic mass is 19.4. The van der Waals surface area contributed by atoms with E-state index in [1.807, 2.05) is 13.2 Å². The highest BCUT2D eigenvalue weighted by Crippen LogP contribution is 2.41. The Labute approximate surface area is 111 Å². The highest BCUT2D eigenvalue weighted by Gasteiger charge is 2.44. The Bertz CT molecular complexity index is 417. The second-order valence-corrected chi connectivity index (χ2v) is 5.70. The fraction of sp³-hybridized carbons (Fsp3) is 0.769. The summed E-state index contributed by atoms with van der Waals surface area (Å²) in [4.78, 5) is 0. The van der Waals surface area contributed by atoms with Crippen molar-refractivity contribution in [1.82, 2.24) is 9.78 Å². The first-order valence-electron chi connectivity index (χ1n) is 6.62. The molecule has 3 nitrogen and oxygen atoms in total. The van der Waals surface area contributed by atoms with E-state index in [2.05, 4.69) is 5.10 Å². The molecule has 1 aliphatic rings. The van der Waals surface area contributed by atoms with Gasteiger partial charge in [0.15, 0.2) is 0 Å². The van der Waals surface area contributed by atoms with Crippen molar-refractivity contribution in [2.45, 2.75) is 50.2 Å². The lowest BCUT2D eigenvalue weighted by molar-refractivity contribution is -0.184. The van der Waals surface area contributed by atoms with Crippen molar-refractivity contribution in [3.05, 3.63) is 18.0 Å². The zero-order valence-corrected chi connectivity index (χ0v) is 11.1. The molecular weight excluding hydrogens is 255 g/mol. The molecular formula is C13H20F3N3. The van der Waals surface area contributed by atoms with Crippen LogP contribution in [0.2, 0.25) is 0 Å². The van der Waals surface area contributed by atoms with Crippen molar-refractivity contribution >= 4 is 0 Å². The summed E-state index contributed by atoms with van der Waals surface area (Å²) in [7, 11) is 1.84. The van der Waals surface area contributed by atoms with E-state index in [4.69, 9.17) is 5.73 Å². The molecule has 0 amide bonds. The van der Waals surface area contributed by atoms with E-state index in [0.29, 0.717) is 12.8 Å². The molecule has 108 valence electrons. The first-order valence-corrected chi connectivity index (χ1v) is 6.62. The molecule has 1 aliphatic carbocycles. The van der Waals surface area contributed by atoms with Gasteiger partial charge in [0.05, 0.1) is 12.1 Å². The molecule has 1 saturated carbocycles. The van der Waals surface area contributed by atoms with Crippen molar-refractivity contribution in [2.24, 2.45) is 18.7 Å². The predicted octanol–water partition coefficient (Wildman–Crippen LogP) is 2.80.